The monoisotopic (exact) mass is 295 g/mol. The Balaban J connectivity index is 1.77. The van der Waals surface area contributed by atoms with Gasteiger partial charge >= 0.3 is 0 Å². The van der Waals surface area contributed by atoms with Crippen molar-refractivity contribution < 1.29 is 8.78 Å². The molecule has 0 spiro atoms. The van der Waals surface area contributed by atoms with Crippen LogP contribution in [0.5, 0.6) is 0 Å². The predicted octanol–water partition coefficient (Wildman–Crippen LogP) is 3.01. The zero-order valence-corrected chi connectivity index (χ0v) is 12.5. The van der Waals surface area contributed by atoms with E-state index in [1.54, 1.807) is 7.05 Å². The van der Waals surface area contributed by atoms with Crippen LogP contribution in [0.15, 0.2) is 23.2 Å². The highest BCUT2D eigenvalue weighted by molar-refractivity contribution is 5.79. The van der Waals surface area contributed by atoms with Crippen LogP contribution in [0.3, 0.4) is 0 Å². The molecule has 116 valence electrons. The van der Waals surface area contributed by atoms with Gasteiger partial charge in [-0.3, -0.25) is 4.99 Å². The second kappa shape index (κ2) is 7.96. The van der Waals surface area contributed by atoms with Gasteiger partial charge in [-0.25, -0.2) is 8.78 Å². The van der Waals surface area contributed by atoms with Crippen LogP contribution in [0.4, 0.5) is 8.78 Å². The summed E-state index contributed by atoms with van der Waals surface area (Å²) in [5.41, 5.74) is 0.646. The van der Waals surface area contributed by atoms with Gasteiger partial charge in [0.2, 0.25) is 0 Å². The lowest BCUT2D eigenvalue weighted by Gasteiger charge is -2.24. The van der Waals surface area contributed by atoms with Crippen molar-refractivity contribution >= 4 is 5.96 Å². The molecule has 5 heteroatoms. The number of aliphatic imine (C=N–C) groups is 1. The van der Waals surface area contributed by atoms with E-state index < -0.39 is 11.6 Å². The molecule has 0 aromatic heterocycles. The van der Waals surface area contributed by atoms with E-state index in [0.29, 0.717) is 24.6 Å². The van der Waals surface area contributed by atoms with E-state index in [-0.39, 0.29) is 0 Å². The second-order valence-corrected chi connectivity index (χ2v) is 5.51. The highest BCUT2D eigenvalue weighted by Crippen LogP contribution is 2.17. The zero-order chi connectivity index (χ0) is 15.1. The molecule has 0 heterocycles. The molecule has 1 saturated carbocycles. The fourth-order valence-electron chi connectivity index (χ4n) is 2.72. The van der Waals surface area contributed by atoms with Gasteiger partial charge in [0.25, 0.3) is 0 Å². The lowest BCUT2D eigenvalue weighted by Crippen LogP contribution is -2.44. The van der Waals surface area contributed by atoms with Crippen LogP contribution in [0, 0.1) is 11.6 Å². The maximum absolute atomic E-state index is 13.1. The van der Waals surface area contributed by atoms with E-state index in [0.717, 1.165) is 12.0 Å². The summed E-state index contributed by atoms with van der Waals surface area (Å²) in [4.78, 5) is 4.19. The predicted molar refractivity (Wildman–Crippen MR) is 81.4 cm³/mol. The molecule has 0 atom stereocenters. The first-order chi connectivity index (χ1) is 10.2. The molecule has 0 bridgehead atoms. The number of nitrogens with one attached hydrogen (secondary N) is 2. The molecule has 0 saturated heterocycles. The first-order valence-electron chi connectivity index (χ1n) is 7.59. The Bertz CT molecular complexity index is 462. The molecule has 1 fully saturated rings. The summed E-state index contributed by atoms with van der Waals surface area (Å²) in [5.74, 6) is -0.303. The standard InChI is InChI=1S/C16H23F2N3/c1-19-16(21-15-5-3-2-4-6-15)20-8-7-12-9-13(17)11-14(18)10-12/h9-11,15H,2-8H2,1H3,(H2,19,20,21). The summed E-state index contributed by atoms with van der Waals surface area (Å²) in [6.07, 6.45) is 6.75. The van der Waals surface area contributed by atoms with E-state index in [2.05, 4.69) is 15.6 Å². The zero-order valence-electron chi connectivity index (χ0n) is 12.5. The lowest BCUT2D eigenvalue weighted by molar-refractivity contribution is 0.410. The third kappa shape index (κ3) is 5.33. The highest BCUT2D eigenvalue weighted by Gasteiger charge is 2.14. The molecular weight excluding hydrogens is 272 g/mol. The molecule has 1 aliphatic rings. The summed E-state index contributed by atoms with van der Waals surface area (Å²) < 4.78 is 26.2. The molecule has 0 radical (unpaired) electrons. The highest BCUT2D eigenvalue weighted by atomic mass is 19.1. The van der Waals surface area contributed by atoms with Crippen molar-refractivity contribution in [1.82, 2.24) is 10.6 Å². The third-order valence-corrected chi connectivity index (χ3v) is 3.80. The Kier molecular flexibility index (Phi) is 5.96. The largest absolute Gasteiger partial charge is 0.356 e. The van der Waals surface area contributed by atoms with Crippen molar-refractivity contribution in [2.75, 3.05) is 13.6 Å². The van der Waals surface area contributed by atoms with Crippen molar-refractivity contribution in [2.45, 2.75) is 44.6 Å². The van der Waals surface area contributed by atoms with E-state index in [1.807, 2.05) is 0 Å². The van der Waals surface area contributed by atoms with Gasteiger partial charge in [0, 0.05) is 25.7 Å². The minimum Gasteiger partial charge on any atom is -0.356 e. The van der Waals surface area contributed by atoms with Crippen molar-refractivity contribution in [2.24, 2.45) is 4.99 Å². The Morgan fingerprint density at radius 1 is 1.14 bits per heavy atom. The number of halogens is 2. The third-order valence-electron chi connectivity index (χ3n) is 3.80. The summed E-state index contributed by atoms with van der Waals surface area (Å²) in [6, 6.07) is 4.10. The molecular formula is C16H23F2N3. The average molecular weight is 295 g/mol. The van der Waals surface area contributed by atoms with Crippen molar-refractivity contribution in [3.8, 4) is 0 Å². The molecule has 1 aromatic carbocycles. The average Bonchev–Trinajstić information content (AvgIpc) is 2.46. The smallest absolute Gasteiger partial charge is 0.191 e. The number of guanidine groups is 1. The summed E-state index contributed by atoms with van der Waals surface area (Å²) in [5, 5.41) is 6.60. The maximum Gasteiger partial charge on any atom is 0.191 e. The van der Waals surface area contributed by atoms with Gasteiger partial charge in [-0.15, -0.1) is 0 Å². The Hall–Kier alpha value is -1.65. The fraction of sp³-hybridized carbons (Fsp3) is 0.562. The quantitative estimate of drug-likeness (QED) is 0.662. The Labute approximate surface area is 124 Å². The van der Waals surface area contributed by atoms with Gasteiger partial charge < -0.3 is 10.6 Å². The molecule has 3 nitrogen and oxygen atoms in total. The van der Waals surface area contributed by atoms with Crippen LogP contribution >= 0.6 is 0 Å². The lowest BCUT2D eigenvalue weighted by atomic mass is 9.96. The molecule has 0 amide bonds. The van der Waals surface area contributed by atoms with Crippen LogP contribution in [0.25, 0.3) is 0 Å². The first-order valence-corrected chi connectivity index (χ1v) is 7.59. The Morgan fingerprint density at radius 3 is 2.43 bits per heavy atom. The molecule has 0 unspecified atom stereocenters. The second-order valence-electron chi connectivity index (χ2n) is 5.51. The molecule has 2 rings (SSSR count). The van der Waals surface area contributed by atoms with Gasteiger partial charge in [0.05, 0.1) is 0 Å². The van der Waals surface area contributed by atoms with Gasteiger partial charge in [0.15, 0.2) is 5.96 Å². The van der Waals surface area contributed by atoms with Crippen LogP contribution < -0.4 is 10.6 Å². The maximum atomic E-state index is 13.1. The van der Waals surface area contributed by atoms with Gasteiger partial charge in [-0.05, 0) is 37.0 Å². The molecule has 1 aromatic rings. The van der Waals surface area contributed by atoms with Crippen molar-refractivity contribution in [3.63, 3.8) is 0 Å². The molecule has 21 heavy (non-hydrogen) atoms. The summed E-state index contributed by atoms with van der Waals surface area (Å²) in [7, 11) is 1.74. The SMILES string of the molecule is CN=C(NCCc1cc(F)cc(F)c1)NC1CCCCC1. The van der Waals surface area contributed by atoms with Gasteiger partial charge in [0.1, 0.15) is 11.6 Å². The Morgan fingerprint density at radius 2 is 1.81 bits per heavy atom. The minimum atomic E-state index is -0.533. The van der Waals surface area contributed by atoms with Crippen LogP contribution in [0.2, 0.25) is 0 Å². The minimum absolute atomic E-state index is 0.483. The van der Waals surface area contributed by atoms with E-state index in [9.17, 15) is 8.78 Å². The number of benzene rings is 1. The van der Waals surface area contributed by atoms with Gasteiger partial charge in [-0.1, -0.05) is 19.3 Å². The van der Waals surface area contributed by atoms with Crippen molar-refractivity contribution in [1.29, 1.82) is 0 Å². The fourth-order valence-corrected chi connectivity index (χ4v) is 2.72. The molecule has 0 aliphatic heterocycles. The van der Waals surface area contributed by atoms with Crippen molar-refractivity contribution in [3.05, 3.63) is 35.4 Å². The number of hydrogen-bond acceptors (Lipinski definition) is 1. The first kappa shape index (κ1) is 15.7. The van der Waals surface area contributed by atoms with Crippen LogP contribution in [0.1, 0.15) is 37.7 Å². The van der Waals surface area contributed by atoms with E-state index in [1.165, 1.54) is 44.2 Å². The number of hydrogen-bond donors (Lipinski definition) is 2. The number of rotatable bonds is 4. The molecule has 2 N–H and O–H groups in total. The van der Waals surface area contributed by atoms with Crippen LogP contribution in [-0.4, -0.2) is 25.6 Å². The molecule has 1 aliphatic carbocycles. The summed E-state index contributed by atoms with van der Waals surface area (Å²) in [6.45, 7) is 0.593. The normalized spacial score (nSPS) is 16.8. The topological polar surface area (TPSA) is 36.4 Å². The van der Waals surface area contributed by atoms with Crippen LogP contribution in [-0.2, 0) is 6.42 Å². The number of nitrogens with zero attached hydrogens (tertiary/aromatic N) is 1. The van der Waals surface area contributed by atoms with Gasteiger partial charge in [-0.2, -0.15) is 0 Å². The van der Waals surface area contributed by atoms with E-state index in [4.69, 9.17) is 0 Å². The summed E-state index contributed by atoms with van der Waals surface area (Å²) >= 11 is 0. The van der Waals surface area contributed by atoms with E-state index >= 15 is 0 Å².